The summed E-state index contributed by atoms with van der Waals surface area (Å²) in [4.78, 5) is 21.7. The van der Waals surface area contributed by atoms with Gasteiger partial charge in [0.25, 0.3) is 0 Å². The Kier molecular flexibility index (Phi) is 2.76. The molecule has 3 N–H and O–H groups in total. The lowest BCUT2D eigenvalue weighted by molar-refractivity contribution is -0.153. The van der Waals surface area contributed by atoms with Crippen LogP contribution in [0.15, 0.2) is 11.5 Å². The van der Waals surface area contributed by atoms with Gasteiger partial charge in [0, 0.05) is 6.42 Å². The number of esters is 1. The van der Waals surface area contributed by atoms with Crippen LogP contribution in [-0.4, -0.2) is 40.3 Å². The summed E-state index contributed by atoms with van der Waals surface area (Å²) in [5, 5.41) is 27.4. The molecule has 1 aliphatic carbocycles. The third-order valence-electron chi connectivity index (χ3n) is 2.09. The normalized spacial score (nSPS) is 23.9. The summed E-state index contributed by atoms with van der Waals surface area (Å²) in [6, 6.07) is 0. The molecular weight excluding hydrogens is 192 g/mol. The van der Waals surface area contributed by atoms with Crippen molar-refractivity contribution in [1.29, 1.82) is 0 Å². The van der Waals surface area contributed by atoms with Gasteiger partial charge >= 0.3 is 5.97 Å². The molecule has 0 fully saturated rings. The summed E-state index contributed by atoms with van der Waals surface area (Å²) >= 11 is 0. The fourth-order valence-corrected chi connectivity index (χ4v) is 1.26. The molecule has 0 saturated heterocycles. The maximum absolute atomic E-state index is 10.9. The van der Waals surface area contributed by atoms with Gasteiger partial charge < -0.3 is 20.1 Å². The Morgan fingerprint density at radius 1 is 1.57 bits per heavy atom. The highest BCUT2D eigenvalue weighted by molar-refractivity contribution is 5.97. The van der Waals surface area contributed by atoms with Crippen molar-refractivity contribution in [2.75, 3.05) is 7.11 Å². The molecule has 0 spiro atoms. The van der Waals surface area contributed by atoms with Gasteiger partial charge in [-0.2, -0.15) is 0 Å². The quantitative estimate of drug-likeness (QED) is 0.518. The summed E-state index contributed by atoms with van der Waals surface area (Å²) in [6.07, 6.45) is -1.93. The molecule has 1 rings (SSSR count). The van der Waals surface area contributed by atoms with Gasteiger partial charge in [-0.3, -0.25) is 4.79 Å². The van der Waals surface area contributed by atoms with Crippen molar-refractivity contribution in [3.63, 3.8) is 0 Å². The average molecular weight is 202 g/mol. The van der Waals surface area contributed by atoms with E-state index in [4.69, 9.17) is 5.11 Å². The molecule has 1 aliphatic rings. The van der Waals surface area contributed by atoms with E-state index in [1.165, 1.54) is 0 Å². The lowest BCUT2D eigenvalue weighted by Crippen LogP contribution is -2.30. The number of aliphatic hydroxyl groups excluding tert-OH is 3. The van der Waals surface area contributed by atoms with Gasteiger partial charge in [0.2, 0.25) is 5.78 Å². The molecule has 0 bridgehead atoms. The maximum Gasteiger partial charge on any atom is 0.335 e. The fourth-order valence-electron chi connectivity index (χ4n) is 1.26. The van der Waals surface area contributed by atoms with Crippen LogP contribution in [0.25, 0.3) is 0 Å². The third-order valence-corrected chi connectivity index (χ3v) is 2.09. The molecular formula is C8H10O6. The van der Waals surface area contributed by atoms with Crippen molar-refractivity contribution in [1.82, 2.24) is 0 Å². The van der Waals surface area contributed by atoms with Crippen LogP contribution in [0.5, 0.6) is 0 Å². The van der Waals surface area contributed by atoms with Gasteiger partial charge in [0.15, 0.2) is 11.9 Å². The summed E-state index contributed by atoms with van der Waals surface area (Å²) in [5.41, 5.74) is 0. The SMILES string of the molecule is COC(=O)C(O)C1CC(=O)C(O)=C1O. The van der Waals surface area contributed by atoms with Crippen LogP contribution in [0.1, 0.15) is 6.42 Å². The van der Waals surface area contributed by atoms with E-state index in [0.717, 1.165) is 7.11 Å². The van der Waals surface area contributed by atoms with E-state index < -0.39 is 35.3 Å². The Hall–Kier alpha value is -1.56. The zero-order chi connectivity index (χ0) is 10.9. The van der Waals surface area contributed by atoms with Gasteiger partial charge in [0.05, 0.1) is 13.0 Å². The number of methoxy groups -OCH3 is 1. The largest absolute Gasteiger partial charge is 0.508 e. The number of hydrogen-bond donors (Lipinski definition) is 3. The van der Waals surface area contributed by atoms with Crippen LogP contribution in [-0.2, 0) is 14.3 Å². The lowest BCUT2D eigenvalue weighted by Gasteiger charge is -2.14. The first-order chi connectivity index (χ1) is 6.49. The summed E-state index contributed by atoms with van der Waals surface area (Å²) < 4.78 is 4.23. The molecule has 14 heavy (non-hydrogen) atoms. The van der Waals surface area contributed by atoms with E-state index in [1.807, 2.05) is 0 Å². The molecule has 0 heterocycles. The number of hydrogen-bond acceptors (Lipinski definition) is 6. The van der Waals surface area contributed by atoms with Crippen LogP contribution >= 0.6 is 0 Å². The Bertz CT molecular complexity index is 305. The van der Waals surface area contributed by atoms with Crippen LogP contribution in [0.4, 0.5) is 0 Å². The number of Topliss-reactive ketones (excluding diaryl/α,β-unsaturated/α-hetero) is 1. The molecule has 0 aromatic carbocycles. The maximum atomic E-state index is 10.9. The molecule has 0 amide bonds. The molecule has 2 atom stereocenters. The predicted molar refractivity (Wildman–Crippen MR) is 43.4 cm³/mol. The molecule has 6 heteroatoms. The number of allylic oxidation sites excluding steroid dienone is 1. The van der Waals surface area contributed by atoms with Gasteiger partial charge in [-0.05, 0) is 0 Å². The van der Waals surface area contributed by atoms with Crippen molar-refractivity contribution < 1.29 is 29.6 Å². The minimum absolute atomic E-state index is 0.298. The molecule has 0 aromatic rings. The number of rotatable bonds is 2. The van der Waals surface area contributed by atoms with E-state index >= 15 is 0 Å². The van der Waals surface area contributed by atoms with Gasteiger partial charge in [-0.25, -0.2) is 4.79 Å². The van der Waals surface area contributed by atoms with Crippen molar-refractivity contribution in [2.45, 2.75) is 12.5 Å². The zero-order valence-electron chi connectivity index (χ0n) is 7.43. The number of carbonyl (C=O) groups is 2. The summed E-state index contributed by atoms with van der Waals surface area (Å²) in [5.74, 6) is -4.21. The first kappa shape index (κ1) is 10.5. The van der Waals surface area contributed by atoms with Crippen LogP contribution in [0.3, 0.4) is 0 Å². The van der Waals surface area contributed by atoms with Crippen molar-refractivity contribution in [2.24, 2.45) is 5.92 Å². The van der Waals surface area contributed by atoms with E-state index in [1.54, 1.807) is 0 Å². The second-order valence-corrected chi connectivity index (χ2v) is 2.94. The van der Waals surface area contributed by atoms with E-state index in [2.05, 4.69) is 4.74 Å². The lowest BCUT2D eigenvalue weighted by atomic mass is 10.0. The standard InChI is InChI=1S/C8H10O6/c1-14-8(13)6(11)3-2-4(9)7(12)5(3)10/h3,6,10-12H,2H2,1H3. The van der Waals surface area contributed by atoms with Gasteiger partial charge in [0.1, 0.15) is 5.76 Å². The van der Waals surface area contributed by atoms with Gasteiger partial charge in [-0.1, -0.05) is 0 Å². The number of ether oxygens (including phenoxy) is 1. The predicted octanol–water partition coefficient (Wildman–Crippen LogP) is -0.563. The Balaban J connectivity index is 2.83. The van der Waals surface area contributed by atoms with Crippen molar-refractivity contribution in [3.05, 3.63) is 11.5 Å². The van der Waals surface area contributed by atoms with E-state index in [-0.39, 0.29) is 6.42 Å². The molecule has 0 aliphatic heterocycles. The Morgan fingerprint density at radius 3 is 2.50 bits per heavy atom. The van der Waals surface area contributed by atoms with E-state index in [9.17, 15) is 19.8 Å². The van der Waals surface area contributed by atoms with Crippen LogP contribution in [0.2, 0.25) is 0 Å². The summed E-state index contributed by atoms with van der Waals surface area (Å²) in [6.45, 7) is 0. The average Bonchev–Trinajstić information content (AvgIpc) is 2.43. The highest BCUT2D eigenvalue weighted by atomic mass is 16.5. The fraction of sp³-hybridized carbons (Fsp3) is 0.500. The van der Waals surface area contributed by atoms with Crippen LogP contribution < -0.4 is 0 Å². The highest BCUT2D eigenvalue weighted by Crippen LogP contribution is 2.29. The van der Waals surface area contributed by atoms with Crippen LogP contribution in [0, 0.1) is 5.92 Å². The molecule has 0 saturated carbocycles. The monoisotopic (exact) mass is 202 g/mol. The second kappa shape index (κ2) is 3.67. The first-order valence-electron chi connectivity index (χ1n) is 3.90. The molecule has 0 aromatic heterocycles. The molecule has 0 radical (unpaired) electrons. The number of aliphatic hydroxyl groups is 3. The highest BCUT2D eigenvalue weighted by Gasteiger charge is 2.40. The molecule has 2 unspecified atom stereocenters. The Labute approximate surface area is 79.4 Å². The Morgan fingerprint density at radius 2 is 2.14 bits per heavy atom. The smallest absolute Gasteiger partial charge is 0.335 e. The minimum Gasteiger partial charge on any atom is -0.508 e. The first-order valence-corrected chi connectivity index (χ1v) is 3.90. The zero-order valence-corrected chi connectivity index (χ0v) is 7.43. The molecule has 78 valence electrons. The van der Waals surface area contributed by atoms with Crippen molar-refractivity contribution >= 4 is 11.8 Å². The number of carbonyl (C=O) groups excluding carboxylic acids is 2. The van der Waals surface area contributed by atoms with Gasteiger partial charge in [-0.15, -0.1) is 0 Å². The van der Waals surface area contributed by atoms with Crippen molar-refractivity contribution in [3.8, 4) is 0 Å². The second-order valence-electron chi connectivity index (χ2n) is 2.94. The third kappa shape index (κ3) is 1.56. The molecule has 6 nitrogen and oxygen atoms in total. The minimum atomic E-state index is -1.63. The summed E-state index contributed by atoms with van der Waals surface area (Å²) in [7, 11) is 1.07. The topological polar surface area (TPSA) is 104 Å². The van der Waals surface area contributed by atoms with E-state index in [0.29, 0.717) is 0 Å². The number of ketones is 1.